The van der Waals surface area contributed by atoms with E-state index in [0.717, 1.165) is 0 Å². The second-order valence-corrected chi connectivity index (χ2v) is 4.40. The number of hydrogen-bond donors (Lipinski definition) is 2. The number of furan rings is 1. The maximum Gasteiger partial charge on any atom is 0.305 e. The van der Waals surface area contributed by atoms with E-state index in [-0.39, 0.29) is 23.3 Å². The summed E-state index contributed by atoms with van der Waals surface area (Å²) < 4.78 is 4.94. The van der Waals surface area contributed by atoms with Gasteiger partial charge in [-0.05, 0) is 29.7 Å². The van der Waals surface area contributed by atoms with Gasteiger partial charge >= 0.3 is 5.97 Å². The SMILES string of the molecule is CC(C)C(CC(=O)O)NC(=O)c1ccc(Cl)o1. The predicted molar refractivity (Wildman–Crippen MR) is 62.1 cm³/mol. The van der Waals surface area contributed by atoms with Gasteiger partial charge in [-0.15, -0.1) is 0 Å². The average Bonchev–Trinajstić information content (AvgIpc) is 2.63. The molecule has 0 saturated carbocycles. The number of halogens is 1. The lowest BCUT2D eigenvalue weighted by Gasteiger charge is -2.19. The summed E-state index contributed by atoms with van der Waals surface area (Å²) in [6.45, 7) is 3.67. The maximum atomic E-state index is 11.7. The molecule has 1 amide bonds. The number of amides is 1. The van der Waals surface area contributed by atoms with Crippen molar-refractivity contribution in [2.75, 3.05) is 0 Å². The molecule has 6 heteroatoms. The van der Waals surface area contributed by atoms with Crippen molar-refractivity contribution in [3.8, 4) is 0 Å². The van der Waals surface area contributed by atoms with E-state index in [1.807, 2.05) is 13.8 Å². The van der Waals surface area contributed by atoms with E-state index in [4.69, 9.17) is 21.1 Å². The van der Waals surface area contributed by atoms with E-state index in [1.54, 1.807) is 0 Å². The highest BCUT2D eigenvalue weighted by Crippen LogP contribution is 2.14. The van der Waals surface area contributed by atoms with Crippen molar-refractivity contribution in [3.05, 3.63) is 23.1 Å². The topological polar surface area (TPSA) is 79.5 Å². The molecule has 1 unspecified atom stereocenters. The molecule has 2 N–H and O–H groups in total. The van der Waals surface area contributed by atoms with Crippen LogP contribution in [0.25, 0.3) is 0 Å². The van der Waals surface area contributed by atoms with Crippen LogP contribution >= 0.6 is 11.6 Å². The minimum atomic E-state index is -0.957. The molecule has 1 aromatic heterocycles. The Bertz CT molecular complexity index is 413. The molecule has 0 aromatic carbocycles. The number of rotatable bonds is 5. The number of carboxylic acid groups (broad SMARTS) is 1. The first kappa shape index (κ1) is 13.6. The minimum Gasteiger partial charge on any atom is -0.481 e. The van der Waals surface area contributed by atoms with Crippen LogP contribution in [-0.2, 0) is 4.79 Å². The molecule has 1 heterocycles. The number of carboxylic acids is 1. The standard InChI is InChI=1S/C11H14ClNO4/c1-6(2)7(5-10(14)15)13-11(16)8-3-4-9(12)17-8/h3-4,6-7H,5H2,1-2H3,(H,13,16)(H,14,15). The first-order chi connectivity index (χ1) is 7.90. The molecular weight excluding hydrogens is 246 g/mol. The van der Waals surface area contributed by atoms with Crippen LogP contribution in [0.4, 0.5) is 0 Å². The largest absolute Gasteiger partial charge is 0.481 e. The van der Waals surface area contributed by atoms with Crippen molar-refractivity contribution >= 4 is 23.5 Å². The average molecular weight is 260 g/mol. The summed E-state index contributed by atoms with van der Waals surface area (Å²) in [5, 5.41) is 11.4. The van der Waals surface area contributed by atoms with Crippen LogP contribution in [0.2, 0.25) is 5.22 Å². The van der Waals surface area contributed by atoms with Gasteiger partial charge in [0.05, 0.1) is 6.42 Å². The van der Waals surface area contributed by atoms with E-state index in [9.17, 15) is 9.59 Å². The number of carbonyl (C=O) groups excluding carboxylic acids is 1. The van der Waals surface area contributed by atoms with Crippen molar-refractivity contribution in [1.82, 2.24) is 5.32 Å². The zero-order valence-corrected chi connectivity index (χ0v) is 10.3. The molecule has 0 bridgehead atoms. The van der Waals surface area contributed by atoms with Crippen LogP contribution in [0.5, 0.6) is 0 Å². The summed E-state index contributed by atoms with van der Waals surface area (Å²) in [6, 6.07) is 2.46. The van der Waals surface area contributed by atoms with Gasteiger partial charge in [-0.2, -0.15) is 0 Å². The zero-order chi connectivity index (χ0) is 13.0. The fraction of sp³-hybridized carbons (Fsp3) is 0.455. The van der Waals surface area contributed by atoms with E-state index < -0.39 is 17.9 Å². The minimum absolute atomic E-state index is 0.0143. The summed E-state index contributed by atoms with van der Waals surface area (Å²) >= 11 is 5.55. The van der Waals surface area contributed by atoms with Crippen molar-refractivity contribution in [2.45, 2.75) is 26.3 Å². The molecule has 1 aromatic rings. The Labute approximate surface area is 104 Å². The molecule has 0 aliphatic heterocycles. The predicted octanol–water partition coefficient (Wildman–Crippen LogP) is 2.16. The third-order valence-electron chi connectivity index (χ3n) is 2.31. The monoisotopic (exact) mass is 259 g/mol. The zero-order valence-electron chi connectivity index (χ0n) is 9.57. The van der Waals surface area contributed by atoms with Crippen LogP contribution in [0.3, 0.4) is 0 Å². The lowest BCUT2D eigenvalue weighted by molar-refractivity contribution is -0.137. The summed E-state index contributed by atoms with van der Waals surface area (Å²) in [7, 11) is 0. The van der Waals surface area contributed by atoms with E-state index in [2.05, 4.69) is 5.32 Å². The van der Waals surface area contributed by atoms with Crippen LogP contribution < -0.4 is 5.32 Å². The van der Waals surface area contributed by atoms with Crippen LogP contribution in [0.1, 0.15) is 30.8 Å². The molecule has 0 saturated heterocycles. The molecule has 94 valence electrons. The molecular formula is C11H14ClNO4. The fourth-order valence-corrected chi connectivity index (χ4v) is 1.46. The van der Waals surface area contributed by atoms with Crippen LogP contribution in [-0.4, -0.2) is 23.0 Å². The Morgan fingerprint density at radius 3 is 2.53 bits per heavy atom. The Hall–Kier alpha value is -1.49. The summed E-state index contributed by atoms with van der Waals surface area (Å²) in [5.41, 5.74) is 0. The third kappa shape index (κ3) is 4.11. The summed E-state index contributed by atoms with van der Waals surface area (Å²) in [6.07, 6.45) is -0.127. The van der Waals surface area contributed by atoms with Crippen LogP contribution in [0, 0.1) is 5.92 Å². The Morgan fingerprint density at radius 2 is 2.12 bits per heavy atom. The highest BCUT2D eigenvalue weighted by molar-refractivity contribution is 6.29. The second-order valence-electron chi connectivity index (χ2n) is 4.03. The molecule has 5 nitrogen and oxygen atoms in total. The number of aliphatic carboxylic acids is 1. The first-order valence-electron chi connectivity index (χ1n) is 5.18. The molecule has 0 aliphatic rings. The molecule has 1 rings (SSSR count). The summed E-state index contributed by atoms with van der Waals surface area (Å²) in [4.78, 5) is 22.3. The second kappa shape index (κ2) is 5.72. The lowest BCUT2D eigenvalue weighted by atomic mass is 10.0. The first-order valence-corrected chi connectivity index (χ1v) is 5.56. The van der Waals surface area contributed by atoms with Crippen molar-refractivity contribution in [3.63, 3.8) is 0 Å². The lowest BCUT2D eigenvalue weighted by Crippen LogP contribution is -2.39. The molecule has 1 atom stereocenters. The van der Waals surface area contributed by atoms with Crippen LogP contribution in [0.15, 0.2) is 16.5 Å². The van der Waals surface area contributed by atoms with Gasteiger partial charge in [0.1, 0.15) is 0 Å². The smallest absolute Gasteiger partial charge is 0.305 e. The van der Waals surface area contributed by atoms with Crippen molar-refractivity contribution in [2.24, 2.45) is 5.92 Å². The van der Waals surface area contributed by atoms with Gasteiger partial charge in [0.15, 0.2) is 11.0 Å². The highest BCUT2D eigenvalue weighted by atomic mass is 35.5. The molecule has 0 fully saturated rings. The fourth-order valence-electron chi connectivity index (χ4n) is 1.32. The van der Waals surface area contributed by atoms with E-state index >= 15 is 0 Å². The number of hydrogen-bond acceptors (Lipinski definition) is 3. The third-order valence-corrected chi connectivity index (χ3v) is 2.52. The quantitative estimate of drug-likeness (QED) is 0.849. The van der Waals surface area contributed by atoms with Gasteiger partial charge in [-0.3, -0.25) is 9.59 Å². The van der Waals surface area contributed by atoms with Gasteiger partial charge < -0.3 is 14.8 Å². The van der Waals surface area contributed by atoms with Gasteiger partial charge in [0.25, 0.3) is 5.91 Å². The molecule has 0 aliphatic carbocycles. The van der Waals surface area contributed by atoms with Gasteiger partial charge in [-0.25, -0.2) is 0 Å². The van der Waals surface area contributed by atoms with Gasteiger partial charge in [0.2, 0.25) is 0 Å². The Balaban J connectivity index is 2.67. The molecule has 0 spiro atoms. The van der Waals surface area contributed by atoms with Gasteiger partial charge in [0, 0.05) is 6.04 Å². The van der Waals surface area contributed by atoms with Crippen molar-refractivity contribution < 1.29 is 19.1 Å². The van der Waals surface area contributed by atoms with Gasteiger partial charge in [-0.1, -0.05) is 13.8 Å². The summed E-state index contributed by atoms with van der Waals surface area (Å²) in [5.74, 6) is -1.33. The Kier molecular flexibility index (Phi) is 4.57. The maximum absolute atomic E-state index is 11.7. The highest BCUT2D eigenvalue weighted by Gasteiger charge is 2.21. The van der Waals surface area contributed by atoms with E-state index in [1.165, 1.54) is 12.1 Å². The molecule has 0 radical (unpaired) electrons. The molecule has 17 heavy (non-hydrogen) atoms. The normalized spacial score (nSPS) is 12.5. The van der Waals surface area contributed by atoms with E-state index in [0.29, 0.717) is 0 Å². The number of carbonyl (C=O) groups is 2. The van der Waals surface area contributed by atoms with Crippen molar-refractivity contribution in [1.29, 1.82) is 0 Å². The Morgan fingerprint density at radius 1 is 1.47 bits per heavy atom. The number of nitrogens with one attached hydrogen (secondary N) is 1.